The van der Waals surface area contributed by atoms with E-state index in [2.05, 4.69) is 25.0 Å². The van der Waals surface area contributed by atoms with Gasteiger partial charge in [-0.2, -0.15) is 0 Å². The van der Waals surface area contributed by atoms with E-state index < -0.39 is 0 Å². The molecule has 0 saturated carbocycles. The zero-order valence-corrected chi connectivity index (χ0v) is 15.2. The standard InChI is InChI=1S/2C2H6S2.2CH2S2/c2*1-3-4-2;2*1-2-3-1/h2*1-2H3;2*1H2. The van der Waals surface area contributed by atoms with Gasteiger partial charge in [0.2, 0.25) is 0 Å². The Balaban J connectivity index is 0. The summed E-state index contributed by atoms with van der Waals surface area (Å²) in [4.78, 5) is 0. The van der Waals surface area contributed by atoms with Gasteiger partial charge < -0.3 is 0 Å². The number of hydrogen-bond acceptors (Lipinski definition) is 8. The van der Waals surface area contributed by atoms with Crippen LogP contribution in [0.2, 0.25) is 0 Å². The molecule has 2 aliphatic rings. The third-order valence-corrected chi connectivity index (χ3v) is 5.12. The molecule has 0 aliphatic carbocycles. The summed E-state index contributed by atoms with van der Waals surface area (Å²) in [5.41, 5.74) is 0. The van der Waals surface area contributed by atoms with Crippen molar-refractivity contribution in [1.82, 2.24) is 0 Å². The van der Waals surface area contributed by atoms with E-state index in [1.807, 2.05) is 43.2 Å². The highest BCUT2D eigenvalue weighted by atomic mass is 33.2. The summed E-state index contributed by atoms with van der Waals surface area (Å²) in [6.45, 7) is 0. The Bertz CT molecular complexity index is 56.7. The second-order valence-electron chi connectivity index (χ2n) is 1.37. The SMILES string of the molecule is C1SS1.C1SS1.CSSC.CSSC. The average molecular weight is 345 g/mol. The van der Waals surface area contributed by atoms with Crippen LogP contribution in [0.1, 0.15) is 0 Å². The minimum atomic E-state index is 1.33. The zero-order chi connectivity index (χ0) is 11.1. The molecular weight excluding hydrogens is 329 g/mol. The second kappa shape index (κ2) is 21.1. The van der Waals surface area contributed by atoms with Crippen molar-refractivity contribution < 1.29 is 0 Å². The first-order chi connectivity index (χ1) is 6.83. The number of hydrogen-bond donors (Lipinski definition) is 0. The van der Waals surface area contributed by atoms with Crippen LogP contribution in [0, 0.1) is 0 Å². The lowest BCUT2D eigenvalue weighted by atomic mass is 11.9. The summed E-state index contributed by atoms with van der Waals surface area (Å²) >= 11 is 0. The summed E-state index contributed by atoms with van der Waals surface area (Å²) < 4.78 is 0. The summed E-state index contributed by atoms with van der Waals surface area (Å²) in [6.07, 6.45) is 8.24. The van der Waals surface area contributed by atoms with Crippen LogP contribution in [0.5, 0.6) is 0 Å². The first kappa shape index (κ1) is 19.1. The van der Waals surface area contributed by atoms with Crippen LogP contribution < -0.4 is 0 Å². The molecule has 2 saturated heterocycles. The van der Waals surface area contributed by atoms with E-state index >= 15 is 0 Å². The first-order valence-electron chi connectivity index (χ1n) is 3.45. The van der Waals surface area contributed by atoms with Gasteiger partial charge in [0, 0.05) is 0 Å². The lowest BCUT2D eigenvalue weighted by molar-refractivity contribution is 2.43. The van der Waals surface area contributed by atoms with Crippen LogP contribution in [-0.4, -0.2) is 35.2 Å². The lowest BCUT2D eigenvalue weighted by Gasteiger charge is -1.69. The normalized spacial score (nSPS) is 14.6. The maximum Gasteiger partial charge on any atom is 0.0600 e. The molecular formula is C6H16S8. The van der Waals surface area contributed by atoms with Crippen molar-refractivity contribution >= 4 is 86.4 Å². The molecule has 2 rings (SSSR count). The molecule has 8 heteroatoms. The maximum absolute atomic E-state index is 2.06. The van der Waals surface area contributed by atoms with Crippen molar-refractivity contribution in [2.75, 3.05) is 35.2 Å². The van der Waals surface area contributed by atoms with Gasteiger partial charge in [0.1, 0.15) is 0 Å². The van der Waals surface area contributed by atoms with Crippen molar-refractivity contribution in [1.29, 1.82) is 0 Å². The topological polar surface area (TPSA) is 0 Å². The van der Waals surface area contributed by atoms with E-state index in [0.29, 0.717) is 0 Å². The molecule has 0 nitrogen and oxygen atoms in total. The quantitative estimate of drug-likeness (QED) is 0.440. The molecule has 0 aromatic rings. The smallest absolute Gasteiger partial charge is 0.0600 e. The molecule has 14 heavy (non-hydrogen) atoms. The first-order valence-corrected chi connectivity index (χ1v) is 14.4. The predicted octanol–water partition coefficient (Wildman–Crippen LogP) is 5.93. The van der Waals surface area contributed by atoms with E-state index in [9.17, 15) is 0 Å². The molecule has 0 unspecified atom stereocenters. The van der Waals surface area contributed by atoms with Crippen LogP contribution in [-0.2, 0) is 0 Å². The van der Waals surface area contributed by atoms with Crippen LogP contribution in [0.15, 0.2) is 0 Å². The lowest BCUT2D eigenvalue weighted by Crippen LogP contribution is -1.28. The molecule has 2 aliphatic heterocycles. The monoisotopic (exact) mass is 344 g/mol. The van der Waals surface area contributed by atoms with Gasteiger partial charge in [0.25, 0.3) is 0 Å². The van der Waals surface area contributed by atoms with Crippen molar-refractivity contribution in [2.45, 2.75) is 0 Å². The molecule has 2 fully saturated rings. The molecule has 0 amide bonds. The Morgan fingerprint density at radius 3 is 0.714 bits per heavy atom. The van der Waals surface area contributed by atoms with Crippen molar-refractivity contribution in [2.24, 2.45) is 0 Å². The highest BCUT2D eigenvalue weighted by molar-refractivity contribution is 8.92. The summed E-state index contributed by atoms with van der Waals surface area (Å²) in [6, 6.07) is 0. The van der Waals surface area contributed by atoms with Gasteiger partial charge in [-0.25, -0.2) is 0 Å². The molecule has 88 valence electrons. The maximum atomic E-state index is 2.06. The highest BCUT2D eigenvalue weighted by Crippen LogP contribution is 2.42. The third-order valence-electron chi connectivity index (χ3n) is 0.569. The molecule has 0 radical (unpaired) electrons. The van der Waals surface area contributed by atoms with Crippen LogP contribution in [0.3, 0.4) is 0 Å². The minimum Gasteiger partial charge on any atom is -0.0979 e. The fourth-order valence-electron chi connectivity index (χ4n) is 0. The zero-order valence-electron chi connectivity index (χ0n) is 8.68. The van der Waals surface area contributed by atoms with Gasteiger partial charge in [-0.3, -0.25) is 0 Å². The fourth-order valence-corrected chi connectivity index (χ4v) is 0. The molecule has 0 bridgehead atoms. The van der Waals surface area contributed by atoms with Gasteiger partial charge in [-0.15, -0.1) is 0 Å². The molecule has 0 spiro atoms. The Morgan fingerprint density at radius 1 is 0.571 bits per heavy atom. The van der Waals surface area contributed by atoms with Gasteiger partial charge in [0.05, 0.1) is 10.2 Å². The Hall–Kier alpha value is 2.80. The Labute approximate surface area is 120 Å². The van der Waals surface area contributed by atoms with Crippen LogP contribution in [0.25, 0.3) is 0 Å². The van der Waals surface area contributed by atoms with E-state index in [4.69, 9.17) is 0 Å². The summed E-state index contributed by atoms with van der Waals surface area (Å²) in [5.74, 6) is 0. The van der Waals surface area contributed by atoms with Crippen molar-refractivity contribution in [3.63, 3.8) is 0 Å². The van der Waals surface area contributed by atoms with E-state index in [-0.39, 0.29) is 0 Å². The van der Waals surface area contributed by atoms with E-state index in [1.54, 1.807) is 43.2 Å². The fraction of sp³-hybridized carbons (Fsp3) is 1.00. The van der Waals surface area contributed by atoms with Gasteiger partial charge >= 0.3 is 0 Å². The third kappa shape index (κ3) is 61.0. The minimum absolute atomic E-state index is 1.33. The van der Waals surface area contributed by atoms with Crippen LogP contribution >= 0.6 is 86.4 Å². The Morgan fingerprint density at radius 2 is 0.714 bits per heavy atom. The number of rotatable bonds is 2. The van der Waals surface area contributed by atoms with Gasteiger partial charge in [-0.05, 0) is 25.0 Å². The summed E-state index contributed by atoms with van der Waals surface area (Å²) in [5, 5.41) is 2.67. The average Bonchev–Trinajstić information content (AvgIpc) is 3.09. The van der Waals surface area contributed by atoms with Gasteiger partial charge in [-0.1, -0.05) is 86.4 Å². The highest BCUT2D eigenvalue weighted by Gasteiger charge is 1.97. The second-order valence-corrected chi connectivity index (χ2v) is 12.4. The molecule has 0 aromatic heterocycles. The predicted molar refractivity (Wildman–Crippen MR) is 94.2 cm³/mol. The van der Waals surface area contributed by atoms with E-state index in [0.717, 1.165) is 0 Å². The summed E-state index contributed by atoms with van der Waals surface area (Å²) in [7, 11) is 14.8. The van der Waals surface area contributed by atoms with Crippen molar-refractivity contribution in [3.05, 3.63) is 0 Å². The molecule has 0 N–H and O–H groups in total. The molecule has 0 aromatic carbocycles. The van der Waals surface area contributed by atoms with Crippen LogP contribution in [0.4, 0.5) is 0 Å². The van der Waals surface area contributed by atoms with Gasteiger partial charge in [0.15, 0.2) is 0 Å². The molecule has 0 atom stereocenters. The largest absolute Gasteiger partial charge is 0.0979 e. The van der Waals surface area contributed by atoms with Crippen molar-refractivity contribution in [3.8, 4) is 0 Å². The molecule has 2 heterocycles. The Kier molecular flexibility index (Phi) is 28.9. The van der Waals surface area contributed by atoms with E-state index in [1.165, 1.54) is 10.2 Å².